The van der Waals surface area contributed by atoms with Gasteiger partial charge in [-0.1, -0.05) is 28.4 Å². The molecule has 0 spiro atoms. The summed E-state index contributed by atoms with van der Waals surface area (Å²) in [5.74, 6) is 0.572. The standard InChI is InChI=1S/C13H12BrNO/c14-9-4-5-10-11(7-15-12(10)6-9)13(16)8-2-1-3-8/h4-8,15H,1-3H2. The zero-order valence-corrected chi connectivity index (χ0v) is 10.4. The van der Waals surface area contributed by atoms with Gasteiger partial charge in [-0.2, -0.15) is 0 Å². The van der Waals surface area contributed by atoms with E-state index in [4.69, 9.17) is 0 Å². The minimum Gasteiger partial charge on any atom is -0.360 e. The first kappa shape index (κ1) is 10.1. The third kappa shape index (κ3) is 1.50. The molecule has 1 aliphatic carbocycles. The van der Waals surface area contributed by atoms with Crippen molar-refractivity contribution in [2.24, 2.45) is 5.92 Å². The number of aromatic nitrogens is 1. The molecule has 1 fully saturated rings. The molecule has 1 saturated carbocycles. The molecule has 1 aliphatic rings. The van der Waals surface area contributed by atoms with Gasteiger partial charge in [0.05, 0.1) is 0 Å². The van der Waals surface area contributed by atoms with Crippen LogP contribution in [0.25, 0.3) is 10.9 Å². The molecule has 0 radical (unpaired) electrons. The van der Waals surface area contributed by atoms with Crippen molar-refractivity contribution in [1.29, 1.82) is 0 Å². The molecule has 0 saturated heterocycles. The van der Waals surface area contributed by atoms with Crippen LogP contribution in [0.15, 0.2) is 28.9 Å². The second-order valence-electron chi connectivity index (χ2n) is 4.38. The SMILES string of the molecule is O=C(c1c[nH]c2cc(Br)ccc12)C1CCC1. The molecule has 16 heavy (non-hydrogen) atoms. The number of rotatable bonds is 2. The van der Waals surface area contributed by atoms with E-state index >= 15 is 0 Å². The summed E-state index contributed by atoms with van der Waals surface area (Å²) in [5, 5.41) is 1.04. The number of H-pyrrole nitrogens is 1. The topological polar surface area (TPSA) is 32.9 Å². The molecule has 3 heteroatoms. The molecule has 0 unspecified atom stereocenters. The second-order valence-corrected chi connectivity index (χ2v) is 5.30. The highest BCUT2D eigenvalue weighted by molar-refractivity contribution is 9.10. The minimum absolute atomic E-state index is 0.266. The number of ketones is 1. The van der Waals surface area contributed by atoms with E-state index in [0.29, 0.717) is 5.78 Å². The number of carbonyl (C=O) groups is 1. The van der Waals surface area contributed by atoms with Crippen molar-refractivity contribution in [3.05, 3.63) is 34.4 Å². The van der Waals surface area contributed by atoms with E-state index in [-0.39, 0.29) is 5.92 Å². The number of halogens is 1. The average Bonchev–Trinajstić information content (AvgIpc) is 2.57. The second kappa shape index (κ2) is 3.74. The first-order valence-electron chi connectivity index (χ1n) is 5.56. The van der Waals surface area contributed by atoms with Crippen molar-refractivity contribution in [3.8, 4) is 0 Å². The molecule has 2 nitrogen and oxygen atoms in total. The van der Waals surface area contributed by atoms with Crippen LogP contribution in [0.3, 0.4) is 0 Å². The van der Waals surface area contributed by atoms with E-state index < -0.39 is 0 Å². The van der Waals surface area contributed by atoms with Crippen LogP contribution in [0.4, 0.5) is 0 Å². The fourth-order valence-electron chi connectivity index (χ4n) is 2.19. The van der Waals surface area contributed by atoms with Gasteiger partial charge in [-0.15, -0.1) is 0 Å². The van der Waals surface area contributed by atoms with Gasteiger partial charge in [0.15, 0.2) is 5.78 Å². The maximum absolute atomic E-state index is 12.2. The summed E-state index contributed by atoms with van der Waals surface area (Å²) in [7, 11) is 0. The Morgan fingerprint density at radius 2 is 2.19 bits per heavy atom. The lowest BCUT2D eigenvalue weighted by atomic mass is 9.80. The maximum atomic E-state index is 12.2. The molecular weight excluding hydrogens is 266 g/mol. The van der Waals surface area contributed by atoms with Gasteiger partial charge < -0.3 is 4.98 Å². The molecule has 3 rings (SSSR count). The lowest BCUT2D eigenvalue weighted by Crippen LogP contribution is -2.21. The summed E-state index contributed by atoms with van der Waals surface area (Å²) in [6, 6.07) is 5.99. The van der Waals surface area contributed by atoms with E-state index in [1.165, 1.54) is 6.42 Å². The fourth-order valence-corrected chi connectivity index (χ4v) is 2.55. The highest BCUT2D eigenvalue weighted by Gasteiger charge is 2.27. The molecule has 0 amide bonds. The zero-order valence-electron chi connectivity index (χ0n) is 8.79. The molecule has 2 aromatic rings. The first-order valence-corrected chi connectivity index (χ1v) is 6.36. The molecule has 0 atom stereocenters. The lowest BCUT2D eigenvalue weighted by Gasteiger charge is -2.23. The molecule has 1 aromatic heterocycles. The van der Waals surface area contributed by atoms with Crippen LogP contribution < -0.4 is 0 Å². The summed E-state index contributed by atoms with van der Waals surface area (Å²) in [6.07, 6.45) is 5.16. The Hall–Kier alpha value is -1.09. The van der Waals surface area contributed by atoms with Crippen molar-refractivity contribution >= 4 is 32.6 Å². The summed E-state index contributed by atoms with van der Waals surface area (Å²) in [6.45, 7) is 0. The van der Waals surface area contributed by atoms with Crippen LogP contribution in [0, 0.1) is 5.92 Å². The first-order chi connectivity index (χ1) is 7.75. The van der Waals surface area contributed by atoms with Gasteiger partial charge in [-0.3, -0.25) is 4.79 Å². The molecule has 1 heterocycles. The van der Waals surface area contributed by atoms with Gasteiger partial charge in [0.25, 0.3) is 0 Å². The van der Waals surface area contributed by atoms with Crippen molar-refractivity contribution in [2.45, 2.75) is 19.3 Å². The van der Waals surface area contributed by atoms with Gasteiger partial charge in [0.1, 0.15) is 0 Å². The van der Waals surface area contributed by atoms with Crippen LogP contribution in [0.5, 0.6) is 0 Å². The van der Waals surface area contributed by atoms with E-state index in [9.17, 15) is 4.79 Å². The zero-order chi connectivity index (χ0) is 11.1. The Kier molecular flexibility index (Phi) is 2.36. The molecule has 0 aliphatic heterocycles. The Morgan fingerprint density at radius 1 is 1.38 bits per heavy atom. The van der Waals surface area contributed by atoms with E-state index in [0.717, 1.165) is 33.8 Å². The molecule has 0 bridgehead atoms. The van der Waals surface area contributed by atoms with Gasteiger partial charge in [-0.25, -0.2) is 0 Å². The van der Waals surface area contributed by atoms with Crippen molar-refractivity contribution in [1.82, 2.24) is 4.98 Å². The summed E-state index contributed by atoms with van der Waals surface area (Å²) in [5.41, 5.74) is 1.88. The number of fused-ring (bicyclic) bond motifs is 1. The van der Waals surface area contributed by atoms with Crippen LogP contribution in [-0.4, -0.2) is 10.8 Å². The van der Waals surface area contributed by atoms with Crippen molar-refractivity contribution < 1.29 is 4.79 Å². The number of aromatic amines is 1. The number of benzene rings is 1. The maximum Gasteiger partial charge on any atom is 0.168 e. The summed E-state index contributed by atoms with van der Waals surface area (Å²) < 4.78 is 1.03. The highest BCUT2D eigenvalue weighted by Crippen LogP contribution is 2.32. The third-order valence-electron chi connectivity index (χ3n) is 3.39. The highest BCUT2D eigenvalue weighted by atomic mass is 79.9. The Labute approximate surface area is 102 Å². The van der Waals surface area contributed by atoms with Crippen LogP contribution in [0.1, 0.15) is 29.6 Å². The minimum atomic E-state index is 0.266. The van der Waals surface area contributed by atoms with Gasteiger partial charge in [0.2, 0.25) is 0 Å². The van der Waals surface area contributed by atoms with Crippen molar-refractivity contribution in [2.75, 3.05) is 0 Å². The van der Waals surface area contributed by atoms with Gasteiger partial charge in [-0.05, 0) is 25.0 Å². The number of Topliss-reactive ketones (excluding diaryl/α,β-unsaturated/α-hetero) is 1. The van der Waals surface area contributed by atoms with E-state index in [1.54, 1.807) is 0 Å². The number of nitrogens with one attached hydrogen (secondary N) is 1. The van der Waals surface area contributed by atoms with Crippen LogP contribution in [0.2, 0.25) is 0 Å². The normalized spacial score (nSPS) is 16.3. The average molecular weight is 278 g/mol. The molecule has 82 valence electrons. The monoisotopic (exact) mass is 277 g/mol. The van der Waals surface area contributed by atoms with E-state index in [1.807, 2.05) is 24.4 Å². The smallest absolute Gasteiger partial charge is 0.168 e. The predicted octanol–water partition coefficient (Wildman–Crippen LogP) is 3.91. The van der Waals surface area contributed by atoms with Crippen molar-refractivity contribution in [3.63, 3.8) is 0 Å². The summed E-state index contributed by atoms with van der Waals surface area (Å²) >= 11 is 3.43. The molecular formula is C13H12BrNO. The fraction of sp³-hybridized carbons (Fsp3) is 0.308. The van der Waals surface area contributed by atoms with Crippen LogP contribution in [-0.2, 0) is 0 Å². The third-order valence-corrected chi connectivity index (χ3v) is 3.88. The summed E-state index contributed by atoms with van der Waals surface area (Å²) in [4.78, 5) is 15.3. The quantitative estimate of drug-likeness (QED) is 0.830. The van der Waals surface area contributed by atoms with Crippen LogP contribution >= 0.6 is 15.9 Å². The number of hydrogen-bond donors (Lipinski definition) is 1. The number of hydrogen-bond acceptors (Lipinski definition) is 1. The lowest BCUT2D eigenvalue weighted by molar-refractivity contribution is 0.0857. The molecule has 1 aromatic carbocycles. The van der Waals surface area contributed by atoms with Gasteiger partial charge >= 0.3 is 0 Å². The Balaban J connectivity index is 2.06. The largest absolute Gasteiger partial charge is 0.360 e. The van der Waals surface area contributed by atoms with Gasteiger partial charge in [0, 0.05) is 33.1 Å². The molecule has 1 N–H and O–H groups in total. The number of carbonyl (C=O) groups excluding carboxylic acids is 1. The Morgan fingerprint density at radius 3 is 2.88 bits per heavy atom. The Bertz CT molecular complexity index is 554. The predicted molar refractivity (Wildman–Crippen MR) is 67.7 cm³/mol. The van der Waals surface area contributed by atoms with E-state index in [2.05, 4.69) is 20.9 Å².